The van der Waals surface area contributed by atoms with Gasteiger partial charge in [0.2, 0.25) is 0 Å². The molecule has 0 spiro atoms. The van der Waals surface area contributed by atoms with E-state index in [-0.39, 0.29) is 5.41 Å². The Balaban J connectivity index is 2.57. The summed E-state index contributed by atoms with van der Waals surface area (Å²) >= 11 is 0. The molecule has 0 unspecified atom stereocenters. The molecule has 1 aromatic carbocycles. The molecule has 0 aromatic heterocycles. The van der Waals surface area contributed by atoms with Gasteiger partial charge in [0, 0.05) is 25.8 Å². The molecule has 0 aliphatic carbocycles. The first-order valence-electron chi connectivity index (χ1n) is 8.52. The van der Waals surface area contributed by atoms with E-state index in [1.807, 2.05) is 61.0 Å². The van der Waals surface area contributed by atoms with E-state index in [4.69, 9.17) is 0 Å². The van der Waals surface area contributed by atoms with E-state index in [0.717, 1.165) is 24.5 Å². The summed E-state index contributed by atoms with van der Waals surface area (Å²) in [6.07, 6.45) is 3.82. The summed E-state index contributed by atoms with van der Waals surface area (Å²) in [5.74, 6) is 0.589. The zero-order valence-corrected chi connectivity index (χ0v) is 16.5. The van der Waals surface area contributed by atoms with E-state index in [1.54, 1.807) is 0 Å². The lowest BCUT2D eigenvalue weighted by Crippen LogP contribution is -2.72. The third-order valence-electron chi connectivity index (χ3n) is 3.57. The van der Waals surface area contributed by atoms with Crippen LogP contribution in [-0.2, 0) is 0 Å². The van der Waals surface area contributed by atoms with Gasteiger partial charge in [0.1, 0.15) is 12.0 Å². The van der Waals surface area contributed by atoms with Gasteiger partial charge in [0.25, 0.3) is 0 Å². The third kappa shape index (κ3) is 8.47. The number of anilines is 1. The highest BCUT2D eigenvalue weighted by Crippen LogP contribution is 2.21. The maximum atomic E-state index is 4.23. The molecule has 0 saturated heterocycles. The molecule has 138 valence electrons. The highest BCUT2D eigenvalue weighted by Gasteiger charge is 2.18. The lowest BCUT2D eigenvalue weighted by Gasteiger charge is -2.28. The number of hydrogen-bond acceptors (Lipinski definition) is 5. The molecule has 0 fully saturated rings. The van der Waals surface area contributed by atoms with Crippen LogP contribution in [0, 0.1) is 5.41 Å². The molecular weight excluding hydrogens is 312 g/mol. The quantitative estimate of drug-likeness (QED) is 0.641. The van der Waals surface area contributed by atoms with Gasteiger partial charge in [0.05, 0.1) is 18.9 Å². The summed E-state index contributed by atoms with van der Waals surface area (Å²) in [5, 5.41) is 13.8. The fraction of sp³-hybridized carbons (Fsp3) is 0.474. The van der Waals surface area contributed by atoms with Gasteiger partial charge in [-0.25, -0.2) is 0 Å². The van der Waals surface area contributed by atoms with Crippen molar-refractivity contribution in [3.8, 4) is 0 Å². The largest absolute Gasteiger partial charge is 0.384 e. The molecule has 0 radical (unpaired) electrons. The second-order valence-electron chi connectivity index (χ2n) is 7.20. The number of azo groups is 1. The number of rotatable bonds is 10. The molecule has 0 aliphatic rings. The predicted molar refractivity (Wildman–Crippen MR) is 106 cm³/mol. The van der Waals surface area contributed by atoms with E-state index < -0.39 is 0 Å². The minimum atomic E-state index is 0.202. The summed E-state index contributed by atoms with van der Waals surface area (Å²) in [6.45, 7) is 10.4. The Labute approximate surface area is 152 Å². The molecule has 3 N–H and O–H groups in total. The monoisotopic (exact) mass is 345 g/mol. The smallest absolute Gasteiger partial charge is 0.147 e. The van der Waals surface area contributed by atoms with Gasteiger partial charge in [-0.1, -0.05) is 20.4 Å². The number of nitrogens with two attached hydrogens (primary N) is 1. The first kappa shape index (κ1) is 20.9. The zero-order valence-electron chi connectivity index (χ0n) is 16.5. The average Bonchev–Trinajstić information content (AvgIpc) is 2.55. The van der Waals surface area contributed by atoms with Crippen molar-refractivity contribution in [3.05, 3.63) is 49.1 Å². The Morgan fingerprint density at radius 1 is 1.24 bits per heavy atom. The third-order valence-corrected chi connectivity index (χ3v) is 3.57. The molecule has 1 rings (SSSR count). The minimum absolute atomic E-state index is 0.202. The van der Waals surface area contributed by atoms with Gasteiger partial charge in [0.15, 0.2) is 0 Å². The molecule has 0 heterocycles. The lowest BCUT2D eigenvalue weighted by atomic mass is 9.93. The molecule has 6 heteroatoms. The summed E-state index contributed by atoms with van der Waals surface area (Å²) in [5.41, 5.74) is 2.09. The van der Waals surface area contributed by atoms with Crippen LogP contribution in [0.3, 0.4) is 0 Å². The minimum Gasteiger partial charge on any atom is -0.384 e. The maximum absolute atomic E-state index is 4.23. The maximum Gasteiger partial charge on any atom is 0.147 e. The molecule has 0 bridgehead atoms. The van der Waals surface area contributed by atoms with Gasteiger partial charge >= 0.3 is 0 Å². The second-order valence-corrected chi connectivity index (χ2v) is 7.20. The number of nitrogens with zero attached hydrogens (tertiary/aromatic N) is 4. The molecule has 6 nitrogen and oxygen atoms in total. The van der Waals surface area contributed by atoms with Crippen LogP contribution in [0.25, 0.3) is 0 Å². The van der Waals surface area contributed by atoms with Gasteiger partial charge in [-0.05, 0) is 43.8 Å². The van der Waals surface area contributed by atoms with Gasteiger partial charge in [-0.3, -0.25) is 0 Å². The van der Waals surface area contributed by atoms with Crippen molar-refractivity contribution in [2.24, 2.45) is 15.6 Å². The summed E-state index contributed by atoms with van der Waals surface area (Å²) in [7, 11) is 8.06. The average molecular weight is 346 g/mol. The Morgan fingerprint density at radius 3 is 2.44 bits per heavy atom. The van der Waals surface area contributed by atoms with Crippen molar-refractivity contribution in [1.29, 1.82) is 0 Å². The van der Waals surface area contributed by atoms with Crippen LogP contribution in [0.15, 0.2) is 59.3 Å². The highest BCUT2D eigenvalue weighted by molar-refractivity contribution is 5.50. The highest BCUT2D eigenvalue weighted by atomic mass is 15.3. The number of quaternary nitrogens is 1. The van der Waals surface area contributed by atoms with Crippen LogP contribution in [0.2, 0.25) is 0 Å². The molecule has 25 heavy (non-hydrogen) atoms. The van der Waals surface area contributed by atoms with Gasteiger partial charge in [-0.2, -0.15) is 0 Å². The van der Waals surface area contributed by atoms with Gasteiger partial charge < -0.3 is 20.4 Å². The van der Waals surface area contributed by atoms with Crippen molar-refractivity contribution in [1.82, 2.24) is 9.80 Å². The van der Waals surface area contributed by atoms with Gasteiger partial charge in [-0.15, -0.1) is 10.2 Å². The molecule has 1 aromatic rings. The normalized spacial score (nSPS) is 12.3. The van der Waals surface area contributed by atoms with Crippen molar-refractivity contribution < 1.29 is 5.32 Å². The standard InChI is InChI=1S/C19H32N6/c1-16(25(7)13-12-20-4)22-23-18-10-8-17(9-11-18)21-14-19(2,3)15-24(5)6/h8-13,20-21H,1,14-15H2,2-7H3/p+1. The van der Waals surface area contributed by atoms with Crippen molar-refractivity contribution in [3.63, 3.8) is 0 Å². The summed E-state index contributed by atoms with van der Waals surface area (Å²) in [6, 6.07) is 7.96. The Bertz CT molecular complexity index is 586. The van der Waals surface area contributed by atoms with E-state index in [1.165, 1.54) is 0 Å². The summed E-state index contributed by atoms with van der Waals surface area (Å²) in [4.78, 5) is 4.04. The zero-order chi connectivity index (χ0) is 18.9. The topological polar surface area (TPSA) is 59.8 Å². The van der Waals surface area contributed by atoms with E-state index in [0.29, 0.717) is 5.82 Å². The van der Waals surface area contributed by atoms with E-state index in [9.17, 15) is 0 Å². The number of hydrogen-bond donors (Lipinski definition) is 2. The van der Waals surface area contributed by atoms with Crippen LogP contribution >= 0.6 is 0 Å². The van der Waals surface area contributed by atoms with Crippen LogP contribution in [0.5, 0.6) is 0 Å². The SMILES string of the molecule is C=C(N=Nc1ccc(NCC(C)(C)CN(C)C)cc1)N(C)C=C[NH2+]C. The predicted octanol–water partition coefficient (Wildman–Crippen LogP) is 2.84. The molecular formula is C19H33N6+. The number of nitrogens with one attached hydrogen (secondary N) is 1. The van der Waals surface area contributed by atoms with Crippen LogP contribution in [-0.4, -0.2) is 51.1 Å². The Hall–Kier alpha value is -2.18. The second kappa shape index (κ2) is 9.96. The Kier molecular flexibility index (Phi) is 8.31. The van der Waals surface area contributed by atoms with E-state index in [2.05, 4.69) is 55.0 Å². The molecule has 0 aliphatic heterocycles. The van der Waals surface area contributed by atoms with Crippen LogP contribution in [0.4, 0.5) is 11.4 Å². The van der Waals surface area contributed by atoms with Crippen molar-refractivity contribution in [2.45, 2.75) is 13.8 Å². The van der Waals surface area contributed by atoms with Crippen molar-refractivity contribution >= 4 is 11.4 Å². The fourth-order valence-corrected chi connectivity index (χ4v) is 2.39. The van der Waals surface area contributed by atoms with Crippen LogP contribution in [0.1, 0.15) is 13.8 Å². The first-order valence-corrected chi connectivity index (χ1v) is 8.52. The van der Waals surface area contributed by atoms with Crippen LogP contribution < -0.4 is 10.6 Å². The molecule has 0 saturated carbocycles. The molecule has 0 amide bonds. The van der Waals surface area contributed by atoms with E-state index >= 15 is 0 Å². The lowest BCUT2D eigenvalue weighted by molar-refractivity contribution is -0.557. The Morgan fingerprint density at radius 2 is 1.88 bits per heavy atom. The summed E-state index contributed by atoms with van der Waals surface area (Å²) < 4.78 is 0. The molecule has 0 atom stereocenters. The van der Waals surface area contributed by atoms with Crippen molar-refractivity contribution in [2.75, 3.05) is 46.6 Å². The fourth-order valence-electron chi connectivity index (χ4n) is 2.39. The first-order chi connectivity index (χ1) is 11.7. The number of benzene rings is 1.